The van der Waals surface area contributed by atoms with Crippen molar-refractivity contribution in [3.63, 3.8) is 0 Å². The number of aliphatic hydroxyl groups excluding tert-OH is 1. The number of ether oxygens (including phenoxy) is 2. The van der Waals surface area contributed by atoms with Gasteiger partial charge in [0.25, 0.3) is 0 Å². The Morgan fingerprint density at radius 2 is 2.00 bits per heavy atom. The molecular formula is C27H31F2N7O4. The Morgan fingerprint density at radius 1 is 1.18 bits per heavy atom. The van der Waals surface area contributed by atoms with E-state index in [4.69, 9.17) is 9.47 Å². The van der Waals surface area contributed by atoms with E-state index in [0.29, 0.717) is 53.6 Å². The maximum Gasteiger partial charge on any atom is 0.246 e. The van der Waals surface area contributed by atoms with E-state index in [1.807, 2.05) is 13.8 Å². The van der Waals surface area contributed by atoms with Gasteiger partial charge in [-0.2, -0.15) is 5.10 Å². The molecule has 0 aliphatic heterocycles. The molecule has 0 atom stereocenters. The molecule has 0 fully saturated rings. The van der Waals surface area contributed by atoms with Crippen molar-refractivity contribution < 1.29 is 28.2 Å². The van der Waals surface area contributed by atoms with Crippen molar-refractivity contribution in [1.82, 2.24) is 25.1 Å². The third kappa shape index (κ3) is 7.18. The number of hydrogen-bond donors (Lipinski definition) is 4. The van der Waals surface area contributed by atoms with E-state index in [2.05, 4.69) is 31.0 Å². The van der Waals surface area contributed by atoms with Crippen molar-refractivity contribution in [2.45, 2.75) is 20.4 Å². The number of halogens is 2. The number of carbonyl (C=O) groups is 1. The average molecular weight is 556 g/mol. The smallest absolute Gasteiger partial charge is 0.246 e. The number of fused-ring (bicyclic) bond motifs is 1. The Balaban J connectivity index is 1.41. The molecule has 0 bridgehead atoms. The van der Waals surface area contributed by atoms with Gasteiger partial charge in [-0.05, 0) is 18.2 Å². The van der Waals surface area contributed by atoms with Gasteiger partial charge in [0.2, 0.25) is 5.91 Å². The molecule has 0 aliphatic rings. The van der Waals surface area contributed by atoms with Gasteiger partial charge >= 0.3 is 0 Å². The van der Waals surface area contributed by atoms with Crippen molar-refractivity contribution in [3.8, 4) is 11.5 Å². The van der Waals surface area contributed by atoms with Gasteiger partial charge in [-0.1, -0.05) is 19.9 Å². The largest absolute Gasteiger partial charge is 0.493 e. The summed E-state index contributed by atoms with van der Waals surface area (Å²) in [6.45, 7) is 5.43. The Kier molecular flexibility index (Phi) is 9.07. The number of rotatable bonds is 13. The van der Waals surface area contributed by atoms with Gasteiger partial charge in [0, 0.05) is 42.8 Å². The fourth-order valence-corrected chi connectivity index (χ4v) is 3.74. The molecule has 13 heteroatoms. The molecule has 4 N–H and O–H groups in total. The molecule has 2 aromatic heterocycles. The molecule has 2 aromatic carbocycles. The highest BCUT2D eigenvalue weighted by atomic mass is 19.2. The molecular weight excluding hydrogens is 524 g/mol. The van der Waals surface area contributed by atoms with E-state index in [-0.39, 0.29) is 24.3 Å². The topological polar surface area (TPSA) is 135 Å². The summed E-state index contributed by atoms with van der Waals surface area (Å²) in [6.07, 6.45) is 4.49. The Bertz CT molecular complexity index is 1480. The van der Waals surface area contributed by atoms with Gasteiger partial charge in [0.05, 0.1) is 30.2 Å². The summed E-state index contributed by atoms with van der Waals surface area (Å²) in [5.41, 5.74) is 0.696. The number of benzene rings is 2. The molecule has 4 rings (SSSR count). The molecule has 212 valence electrons. The first-order chi connectivity index (χ1) is 19.2. The van der Waals surface area contributed by atoms with Gasteiger partial charge in [-0.15, -0.1) is 0 Å². The molecule has 0 saturated carbocycles. The lowest BCUT2D eigenvalue weighted by molar-refractivity contribution is -0.116. The minimum absolute atomic E-state index is 0.0866. The maximum atomic E-state index is 13.8. The first kappa shape index (κ1) is 28.6. The molecule has 0 radical (unpaired) electrons. The van der Waals surface area contributed by atoms with E-state index in [9.17, 15) is 18.7 Å². The van der Waals surface area contributed by atoms with Gasteiger partial charge < -0.3 is 30.5 Å². The predicted octanol–water partition coefficient (Wildman–Crippen LogP) is 3.48. The van der Waals surface area contributed by atoms with Crippen molar-refractivity contribution in [3.05, 3.63) is 60.7 Å². The first-order valence-electron chi connectivity index (χ1n) is 12.5. The Hall–Kier alpha value is -4.36. The summed E-state index contributed by atoms with van der Waals surface area (Å²) in [6, 6.07) is 7.07. The molecule has 40 heavy (non-hydrogen) atoms. The third-order valence-electron chi connectivity index (χ3n) is 5.92. The van der Waals surface area contributed by atoms with E-state index >= 15 is 0 Å². The summed E-state index contributed by atoms with van der Waals surface area (Å²) < 4.78 is 40.0. The molecule has 2 heterocycles. The van der Waals surface area contributed by atoms with E-state index in [1.165, 1.54) is 36.4 Å². The van der Waals surface area contributed by atoms with Crippen LogP contribution >= 0.6 is 0 Å². The SMILES string of the molecule is COc1cc2c(Nc3cnn(CC(=O)Nc4cccc(F)c4F)c3)ncnc2cc1OCCNCC(C)(C)CO. The van der Waals surface area contributed by atoms with Gasteiger partial charge in [0.15, 0.2) is 23.1 Å². The molecule has 1 amide bonds. The van der Waals surface area contributed by atoms with Crippen LogP contribution in [0.5, 0.6) is 11.5 Å². The highest BCUT2D eigenvalue weighted by Crippen LogP contribution is 2.34. The monoisotopic (exact) mass is 555 g/mol. The first-order valence-corrected chi connectivity index (χ1v) is 12.5. The van der Waals surface area contributed by atoms with Crippen LogP contribution in [0.25, 0.3) is 10.9 Å². The number of hydrogen-bond acceptors (Lipinski definition) is 9. The number of aliphatic hydroxyl groups is 1. The van der Waals surface area contributed by atoms with E-state index in [1.54, 1.807) is 18.3 Å². The zero-order chi connectivity index (χ0) is 28.7. The van der Waals surface area contributed by atoms with Crippen molar-refractivity contribution >= 4 is 34.0 Å². The van der Waals surface area contributed by atoms with Crippen LogP contribution in [-0.4, -0.2) is 64.2 Å². The van der Waals surface area contributed by atoms with Crippen LogP contribution in [0.3, 0.4) is 0 Å². The molecule has 0 unspecified atom stereocenters. The molecule has 11 nitrogen and oxygen atoms in total. The number of aromatic nitrogens is 4. The van der Waals surface area contributed by atoms with Gasteiger partial charge in [0.1, 0.15) is 25.3 Å². The second-order valence-corrected chi connectivity index (χ2v) is 9.79. The predicted molar refractivity (Wildman–Crippen MR) is 146 cm³/mol. The number of amides is 1. The lowest BCUT2D eigenvalue weighted by Gasteiger charge is -2.22. The zero-order valence-corrected chi connectivity index (χ0v) is 22.4. The highest BCUT2D eigenvalue weighted by molar-refractivity contribution is 5.93. The highest BCUT2D eigenvalue weighted by Gasteiger charge is 2.16. The standard InChI is InChI=1S/C27H31F2N7O4/c1-27(2,15-37)14-30-7-8-40-23-10-21-18(9-22(23)39-3)26(32-16-31-21)34-17-11-33-36(12-17)13-24(38)35-20-6-4-5-19(28)25(20)29/h4-6,9-12,16,30,37H,7-8,13-15H2,1-3H3,(H,35,38)(H,31,32,34). The summed E-state index contributed by atoms with van der Waals surface area (Å²) in [5, 5.41) is 22.9. The van der Waals surface area contributed by atoms with Crippen LogP contribution in [-0.2, 0) is 11.3 Å². The summed E-state index contributed by atoms with van der Waals surface area (Å²) in [7, 11) is 1.54. The summed E-state index contributed by atoms with van der Waals surface area (Å²) in [5.74, 6) is -1.25. The number of nitrogens with one attached hydrogen (secondary N) is 3. The fraction of sp³-hybridized carbons (Fsp3) is 0.333. The van der Waals surface area contributed by atoms with Crippen LogP contribution in [0.1, 0.15) is 13.8 Å². The Morgan fingerprint density at radius 3 is 2.77 bits per heavy atom. The number of anilines is 3. The maximum absolute atomic E-state index is 13.8. The van der Waals surface area contributed by atoms with Crippen LogP contribution < -0.4 is 25.4 Å². The molecule has 4 aromatic rings. The van der Waals surface area contributed by atoms with Crippen molar-refractivity contribution in [2.24, 2.45) is 5.41 Å². The van der Waals surface area contributed by atoms with Gasteiger partial charge in [-0.3, -0.25) is 9.48 Å². The normalized spacial score (nSPS) is 11.4. The quantitative estimate of drug-likeness (QED) is 0.183. The minimum atomic E-state index is -1.13. The third-order valence-corrected chi connectivity index (χ3v) is 5.92. The fourth-order valence-electron chi connectivity index (χ4n) is 3.74. The van der Waals surface area contributed by atoms with Crippen LogP contribution in [0.2, 0.25) is 0 Å². The van der Waals surface area contributed by atoms with Crippen molar-refractivity contribution in [1.29, 1.82) is 0 Å². The minimum Gasteiger partial charge on any atom is -0.493 e. The van der Waals surface area contributed by atoms with Crippen molar-refractivity contribution in [2.75, 3.05) is 44.0 Å². The Labute approximate surface area is 229 Å². The molecule has 0 aliphatic carbocycles. The lowest BCUT2D eigenvalue weighted by atomic mass is 9.95. The molecule has 0 spiro atoms. The number of methoxy groups -OCH3 is 1. The van der Waals surface area contributed by atoms with Crippen LogP contribution in [0, 0.1) is 17.0 Å². The van der Waals surface area contributed by atoms with Gasteiger partial charge in [-0.25, -0.2) is 18.7 Å². The zero-order valence-electron chi connectivity index (χ0n) is 22.4. The second kappa shape index (κ2) is 12.7. The summed E-state index contributed by atoms with van der Waals surface area (Å²) in [4.78, 5) is 21.0. The van der Waals surface area contributed by atoms with E-state index < -0.39 is 17.5 Å². The average Bonchev–Trinajstić information content (AvgIpc) is 3.37. The summed E-state index contributed by atoms with van der Waals surface area (Å²) >= 11 is 0. The second-order valence-electron chi connectivity index (χ2n) is 9.79. The van der Waals surface area contributed by atoms with E-state index in [0.717, 1.165) is 6.07 Å². The van der Waals surface area contributed by atoms with Crippen LogP contribution in [0.4, 0.5) is 26.0 Å². The lowest BCUT2D eigenvalue weighted by Crippen LogP contribution is -2.34. The number of nitrogens with zero attached hydrogens (tertiary/aromatic N) is 4. The van der Waals surface area contributed by atoms with Crippen LogP contribution in [0.15, 0.2) is 49.1 Å². The number of carbonyl (C=O) groups excluding carboxylic acids is 1. The molecule has 0 saturated heterocycles.